The molecule has 23 heavy (non-hydrogen) atoms. The number of nitrogens with one attached hydrogen (secondary N) is 2. The van der Waals surface area contributed by atoms with Crippen molar-refractivity contribution in [2.45, 2.75) is 51.0 Å². The number of hydrogen-bond donors (Lipinski definition) is 2. The molecular weight excluding hydrogens is 350 g/mol. The highest BCUT2D eigenvalue weighted by Crippen LogP contribution is 2.30. The van der Waals surface area contributed by atoms with Gasteiger partial charge in [0.2, 0.25) is 0 Å². The number of nitrogens with zero attached hydrogens (tertiary/aromatic N) is 3. The molecular formula is C15H22ClN5S2. The van der Waals surface area contributed by atoms with Crippen LogP contribution in [-0.2, 0) is 0 Å². The third-order valence-corrected chi connectivity index (χ3v) is 5.92. The van der Waals surface area contributed by atoms with Crippen LogP contribution in [0.1, 0.15) is 49.8 Å². The van der Waals surface area contributed by atoms with Gasteiger partial charge in [-0.3, -0.25) is 5.43 Å². The Labute approximate surface area is 151 Å². The molecule has 0 aromatic carbocycles. The molecule has 1 saturated heterocycles. The molecule has 0 amide bonds. The first kappa shape index (κ1) is 16.9. The highest BCUT2D eigenvalue weighted by molar-refractivity contribution is 7.80. The van der Waals surface area contributed by atoms with E-state index < -0.39 is 0 Å². The minimum atomic E-state index is 0.489. The van der Waals surface area contributed by atoms with Gasteiger partial charge in [0.15, 0.2) is 15.4 Å². The molecule has 5 nitrogen and oxygen atoms in total. The van der Waals surface area contributed by atoms with Crippen molar-refractivity contribution >= 4 is 51.6 Å². The average Bonchev–Trinajstić information content (AvgIpc) is 3.18. The normalized spacial score (nSPS) is 19.4. The standard InChI is InChI=1S/C15H22ClN5S2/c16-13-12(23-15(19-13)21-8-4-1-5-9-21)10-17-20-14(22)18-11-6-2-3-7-11/h10-11H,1-9H2,(H2,18,20,22)/b17-10-. The second-order valence-corrected chi connectivity index (χ2v) is 7.80. The summed E-state index contributed by atoms with van der Waals surface area (Å²) in [6, 6.07) is 0.489. The van der Waals surface area contributed by atoms with Crippen LogP contribution in [0.5, 0.6) is 0 Å². The third-order valence-electron chi connectivity index (χ3n) is 4.26. The van der Waals surface area contributed by atoms with Gasteiger partial charge in [0.25, 0.3) is 0 Å². The number of halogens is 1. The predicted octanol–water partition coefficient (Wildman–Crippen LogP) is 3.53. The second-order valence-electron chi connectivity index (χ2n) is 6.02. The summed E-state index contributed by atoms with van der Waals surface area (Å²) in [4.78, 5) is 7.62. The van der Waals surface area contributed by atoms with E-state index in [9.17, 15) is 0 Å². The van der Waals surface area contributed by atoms with E-state index in [4.69, 9.17) is 23.8 Å². The van der Waals surface area contributed by atoms with Crippen molar-refractivity contribution in [3.8, 4) is 0 Å². The van der Waals surface area contributed by atoms with Gasteiger partial charge in [0.05, 0.1) is 11.1 Å². The van der Waals surface area contributed by atoms with E-state index in [1.54, 1.807) is 17.6 Å². The minimum Gasteiger partial charge on any atom is -0.359 e. The van der Waals surface area contributed by atoms with Crippen LogP contribution in [0.4, 0.5) is 5.13 Å². The molecule has 1 aromatic heterocycles. The van der Waals surface area contributed by atoms with Gasteiger partial charge in [0, 0.05) is 19.1 Å². The number of thiocarbonyl (C=S) groups is 1. The number of aromatic nitrogens is 1. The molecule has 2 N–H and O–H groups in total. The quantitative estimate of drug-likeness (QED) is 0.481. The first-order valence-electron chi connectivity index (χ1n) is 8.23. The zero-order chi connectivity index (χ0) is 16.1. The fourth-order valence-electron chi connectivity index (χ4n) is 3.04. The second kappa shape index (κ2) is 8.26. The van der Waals surface area contributed by atoms with Gasteiger partial charge >= 0.3 is 0 Å². The van der Waals surface area contributed by atoms with Gasteiger partial charge < -0.3 is 10.2 Å². The van der Waals surface area contributed by atoms with E-state index in [1.807, 2.05) is 0 Å². The SMILES string of the molecule is S=C(N/N=C\c1sc(N2CCCCC2)nc1Cl)NC1CCCC1. The van der Waals surface area contributed by atoms with Crippen LogP contribution in [0, 0.1) is 0 Å². The van der Waals surface area contributed by atoms with Crippen molar-refractivity contribution in [2.24, 2.45) is 5.10 Å². The number of hydrazone groups is 1. The summed E-state index contributed by atoms with van der Waals surface area (Å²) in [6.07, 6.45) is 10.4. The summed E-state index contributed by atoms with van der Waals surface area (Å²) in [6.45, 7) is 2.13. The van der Waals surface area contributed by atoms with E-state index in [-0.39, 0.29) is 0 Å². The highest BCUT2D eigenvalue weighted by atomic mass is 35.5. The molecule has 126 valence electrons. The van der Waals surface area contributed by atoms with E-state index in [2.05, 4.69) is 25.7 Å². The summed E-state index contributed by atoms with van der Waals surface area (Å²) in [7, 11) is 0. The lowest BCUT2D eigenvalue weighted by Crippen LogP contribution is -2.38. The summed E-state index contributed by atoms with van der Waals surface area (Å²) < 4.78 is 0. The Bertz CT molecular complexity index is 562. The highest BCUT2D eigenvalue weighted by Gasteiger charge is 2.17. The maximum Gasteiger partial charge on any atom is 0.187 e. The number of anilines is 1. The van der Waals surface area contributed by atoms with Gasteiger partial charge in [0.1, 0.15) is 0 Å². The Balaban J connectivity index is 1.52. The lowest BCUT2D eigenvalue weighted by molar-refractivity contribution is 0.577. The van der Waals surface area contributed by atoms with E-state index in [1.165, 1.54) is 44.9 Å². The Morgan fingerprint density at radius 1 is 1.26 bits per heavy atom. The Morgan fingerprint density at radius 3 is 2.74 bits per heavy atom. The zero-order valence-corrected chi connectivity index (χ0v) is 15.4. The molecule has 8 heteroatoms. The Hall–Kier alpha value is -0.920. The van der Waals surface area contributed by atoms with Gasteiger partial charge in [-0.05, 0) is 44.3 Å². The maximum absolute atomic E-state index is 6.22. The lowest BCUT2D eigenvalue weighted by Gasteiger charge is -2.25. The molecule has 0 spiro atoms. The molecule has 0 radical (unpaired) electrons. The van der Waals surface area contributed by atoms with E-state index in [0.29, 0.717) is 16.3 Å². The first-order chi connectivity index (χ1) is 11.2. The van der Waals surface area contributed by atoms with Crippen molar-refractivity contribution in [1.82, 2.24) is 15.7 Å². The first-order valence-corrected chi connectivity index (χ1v) is 9.83. The minimum absolute atomic E-state index is 0.489. The Kier molecular flexibility index (Phi) is 6.08. The molecule has 0 unspecified atom stereocenters. The summed E-state index contributed by atoms with van der Waals surface area (Å²) >= 11 is 13.1. The molecule has 1 aromatic rings. The molecule has 0 bridgehead atoms. The van der Waals surface area contributed by atoms with Crippen molar-refractivity contribution in [1.29, 1.82) is 0 Å². The molecule has 1 aliphatic carbocycles. The average molecular weight is 372 g/mol. The fourth-order valence-corrected chi connectivity index (χ4v) is 4.43. The molecule has 3 rings (SSSR count). The topological polar surface area (TPSA) is 52.6 Å². The molecule has 1 aliphatic heterocycles. The summed E-state index contributed by atoms with van der Waals surface area (Å²) in [5.74, 6) is 0. The van der Waals surface area contributed by atoms with Gasteiger partial charge in [-0.25, -0.2) is 4.98 Å². The van der Waals surface area contributed by atoms with Crippen molar-refractivity contribution < 1.29 is 0 Å². The van der Waals surface area contributed by atoms with Crippen LogP contribution in [0.3, 0.4) is 0 Å². The summed E-state index contributed by atoms with van der Waals surface area (Å²) in [5, 5.41) is 9.55. The fraction of sp³-hybridized carbons (Fsp3) is 0.667. The largest absolute Gasteiger partial charge is 0.359 e. The lowest BCUT2D eigenvalue weighted by atomic mass is 10.1. The number of piperidine rings is 1. The van der Waals surface area contributed by atoms with Crippen LogP contribution in [0.15, 0.2) is 5.10 Å². The van der Waals surface area contributed by atoms with E-state index >= 15 is 0 Å². The number of thiazole rings is 1. The van der Waals surface area contributed by atoms with Crippen LogP contribution < -0.4 is 15.6 Å². The van der Waals surface area contributed by atoms with Crippen molar-refractivity contribution in [3.05, 3.63) is 10.0 Å². The third kappa shape index (κ3) is 4.78. The molecule has 2 aliphatic rings. The molecule has 2 fully saturated rings. The molecule has 0 atom stereocenters. The van der Waals surface area contributed by atoms with Crippen LogP contribution >= 0.6 is 35.2 Å². The van der Waals surface area contributed by atoms with Crippen molar-refractivity contribution in [3.63, 3.8) is 0 Å². The monoisotopic (exact) mass is 371 g/mol. The number of rotatable bonds is 4. The smallest absolute Gasteiger partial charge is 0.187 e. The van der Waals surface area contributed by atoms with Gasteiger partial charge in [-0.1, -0.05) is 35.8 Å². The molecule has 1 saturated carbocycles. The van der Waals surface area contributed by atoms with Crippen LogP contribution in [0.2, 0.25) is 5.15 Å². The van der Waals surface area contributed by atoms with Crippen LogP contribution in [0.25, 0.3) is 0 Å². The van der Waals surface area contributed by atoms with Gasteiger partial charge in [-0.2, -0.15) is 5.10 Å². The van der Waals surface area contributed by atoms with Crippen LogP contribution in [-0.4, -0.2) is 35.4 Å². The summed E-state index contributed by atoms with van der Waals surface area (Å²) in [5.41, 5.74) is 2.87. The maximum atomic E-state index is 6.22. The van der Waals surface area contributed by atoms with Gasteiger partial charge in [-0.15, -0.1) is 0 Å². The zero-order valence-electron chi connectivity index (χ0n) is 13.1. The molecule has 2 heterocycles. The number of hydrogen-bond acceptors (Lipinski definition) is 5. The van der Waals surface area contributed by atoms with Crippen molar-refractivity contribution in [2.75, 3.05) is 18.0 Å². The van der Waals surface area contributed by atoms with E-state index in [0.717, 1.165) is 23.1 Å². The Morgan fingerprint density at radius 2 is 2.00 bits per heavy atom. The predicted molar refractivity (Wildman–Crippen MR) is 102 cm³/mol.